The number of hydrogen-bond donors (Lipinski definition) is 0. The lowest BCUT2D eigenvalue weighted by Crippen LogP contribution is -2.35. The molecule has 5 nitrogen and oxygen atoms in total. The minimum absolute atomic E-state index is 0.385. The summed E-state index contributed by atoms with van der Waals surface area (Å²) in [6.45, 7) is 0. The molecule has 18 heavy (non-hydrogen) atoms. The smallest absolute Gasteiger partial charge is 0.134 e. The molecule has 0 bridgehead atoms. The fourth-order valence-corrected chi connectivity index (χ4v) is 2.27. The molecule has 1 saturated carbocycles. The van der Waals surface area contributed by atoms with Crippen LogP contribution in [0, 0.1) is 0 Å². The molecule has 1 aromatic heterocycles. The van der Waals surface area contributed by atoms with Crippen molar-refractivity contribution in [2.24, 2.45) is 0 Å². The molecule has 0 unspecified atom stereocenters. The van der Waals surface area contributed by atoms with Gasteiger partial charge in [-0.3, -0.25) is 4.79 Å². The molecule has 0 aromatic carbocycles. The Hall–Kier alpha value is -1.65. The third-order valence-corrected chi connectivity index (χ3v) is 3.52. The Labute approximate surface area is 108 Å². The van der Waals surface area contributed by atoms with Crippen molar-refractivity contribution in [3.05, 3.63) is 12.4 Å². The molecule has 1 aliphatic rings. The molecule has 2 rings (SSSR count). The monoisotopic (exact) mass is 248 g/mol. The van der Waals surface area contributed by atoms with Crippen LogP contribution >= 0.6 is 0 Å². The van der Waals surface area contributed by atoms with Crippen molar-refractivity contribution in [1.82, 2.24) is 9.97 Å². The fraction of sp³-hybridized carbons (Fsp3) is 0.615. The highest BCUT2D eigenvalue weighted by Gasteiger charge is 2.23. The highest BCUT2D eigenvalue weighted by Crippen LogP contribution is 2.24. The first-order valence-electron chi connectivity index (χ1n) is 6.32. The first-order chi connectivity index (χ1) is 8.58. The number of Topliss-reactive ketones (excluding diaryl/α,β-unsaturated/α-hetero) is 1. The number of carbonyl (C=O) groups is 1. The third kappa shape index (κ3) is 2.78. The average Bonchev–Trinajstić information content (AvgIpc) is 2.39. The van der Waals surface area contributed by atoms with Gasteiger partial charge in [-0.25, -0.2) is 9.97 Å². The van der Waals surface area contributed by atoms with Crippen molar-refractivity contribution in [1.29, 1.82) is 0 Å². The van der Waals surface area contributed by atoms with Crippen LogP contribution < -0.4 is 9.80 Å². The molecule has 1 fully saturated rings. The van der Waals surface area contributed by atoms with Crippen LogP contribution in [0.25, 0.3) is 0 Å². The van der Waals surface area contributed by atoms with E-state index in [1.54, 1.807) is 6.33 Å². The molecule has 98 valence electrons. The molecule has 0 saturated heterocycles. The van der Waals surface area contributed by atoms with Gasteiger partial charge in [0, 0.05) is 46.1 Å². The Morgan fingerprint density at radius 1 is 1.11 bits per heavy atom. The highest BCUT2D eigenvalue weighted by molar-refractivity contribution is 5.79. The predicted molar refractivity (Wildman–Crippen MR) is 72.0 cm³/mol. The van der Waals surface area contributed by atoms with Crippen molar-refractivity contribution in [3.8, 4) is 0 Å². The lowest BCUT2D eigenvalue weighted by molar-refractivity contribution is -0.120. The molecule has 0 aliphatic heterocycles. The quantitative estimate of drug-likeness (QED) is 0.811. The van der Waals surface area contributed by atoms with Crippen molar-refractivity contribution in [2.45, 2.75) is 31.7 Å². The van der Waals surface area contributed by atoms with Crippen LogP contribution in [0.3, 0.4) is 0 Å². The van der Waals surface area contributed by atoms with Gasteiger partial charge in [-0.05, 0) is 12.8 Å². The van der Waals surface area contributed by atoms with E-state index in [-0.39, 0.29) is 0 Å². The standard InChI is InChI=1S/C13H20N4O/c1-16(2)12-8-13(15-9-14-12)17(3)10-4-6-11(18)7-5-10/h8-10H,4-7H2,1-3H3. The van der Waals surface area contributed by atoms with Gasteiger partial charge in [0.15, 0.2) is 0 Å². The molecule has 0 radical (unpaired) electrons. The van der Waals surface area contributed by atoms with Crippen LogP contribution in [-0.2, 0) is 4.79 Å². The van der Waals surface area contributed by atoms with E-state index in [0.717, 1.165) is 24.5 Å². The molecular formula is C13H20N4O. The number of carbonyl (C=O) groups excluding carboxylic acids is 1. The van der Waals surface area contributed by atoms with Crippen LogP contribution in [0.15, 0.2) is 12.4 Å². The van der Waals surface area contributed by atoms with Crippen LogP contribution in [0.4, 0.5) is 11.6 Å². The summed E-state index contributed by atoms with van der Waals surface area (Å²) in [4.78, 5) is 23.9. The summed E-state index contributed by atoms with van der Waals surface area (Å²) < 4.78 is 0. The molecular weight excluding hydrogens is 228 g/mol. The second-order valence-electron chi connectivity index (χ2n) is 5.01. The number of rotatable bonds is 3. The summed E-state index contributed by atoms with van der Waals surface area (Å²) >= 11 is 0. The van der Waals surface area contributed by atoms with Gasteiger partial charge in [0.1, 0.15) is 23.7 Å². The van der Waals surface area contributed by atoms with E-state index in [4.69, 9.17) is 0 Å². The Morgan fingerprint density at radius 3 is 2.33 bits per heavy atom. The van der Waals surface area contributed by atoms with Crippen molar-refractivity contribution in [3.63, 3.8) is 0 Å². The van der Waals surface area contributed by atoms with Gasteiger partial charge in [0.25, 0.3) is 0 Å². The third-order valence-electron chi connectivity index (χ3n) is 3.52. The van der Waals surface area contributed by atoms with Crippen LogP contribution in [0.2, 0.25) is 0 Å². The zero-order valence-electron chi connectivity index (χ0n) is 11.3. The predicted octanol–water partition coefficient (Wildman–Crippen LogP) is 1.49. The highest BCUT2D eigenvalue weighted by atomic mass is 16.1. The minimum atomic E-state index is 0.385. The summed E-state index contributed by atoms with van der Waals surface area (Å²) in [5, 5.41) is 0. The van der Waals surface area contributed by atoms with E-state index in [1.165, 1.54) is 0 Å². The first kappa shape index (κ1) is 12.8. The van der Waals surface area contributed by atoms with Gasteiger partial charge >= 0.3 is 0 Å². The first-order valence-corrected chi connectivity index (χ1v) is 6.32. The zero-order valence-corrected chi connectivity index (χ0v) is 11.3. The molecule has 1 aliphatic carbocycles. The molecule has 5 heteroatoms. The van der Waals surface area contributed by atoms with Gasteiger partial charge in [-0.1, -0.05) is 0 Å². The largest absolute Gasteiger partial charge is 0.363 e. The molecule has 0 atom stereocenters. The van der Waals surface area contributed by atoms with E-state index in [9.17, 15) is 4.79 Å². The van der Waals surface area contributed by atoms with E-state index < -0.39 is 0 Å². The summed E-state index contributed by atoms with van der Waals surface area (Å²) in [5.74, 6) is 2.21. The Balaban J connectivity index is 2.10. The van der Waals surface area contributed by atoms with Crippen LogP contribution in [0.5, 0.6) is 0 Å². The van der Waals surface area contributed by atoms with E-state index >= 15 is 0 Å². The maximum atomic E-state index is 11.3. The van der Waals surface area contributed by atoms with Crippen molar-refractivity contribution < 1.29 is 4.79 Å². The number of nitrogens with zero attached hydrogens (tertiary/aromatic N) is 4. The van der Waals surface area contributed by atoms with Gasteiger partial charge in [-0.2, -0.15) is 0 Å². The van der Waals surface area contributed by atoms with Gasteiger partial charge < -0.3 is 9.80 Å². The minimum Gasteiger partial charge on any atom is -0.363 e. The van der Waals surface area contributed by atoms with E-state index in [1.807, 2.05) is 32.1 Å². The molecule has 0 amide bonds. The topological polar surface area (TPSA) is 49.3 Å². The fourth-order valence-electron chi connectivity index (χ4n) is 2.27. The van der Waals surface area contributed by atoms with Crippen molar-refractivity contribution in [2.75, 3.05) is 30.9 Å². The summed E-state index contributed by atoms with van der Waals surface area (Å²) in [5.41, 5.74) is 0. The maximum absolute atomic E-state index is 11.3. The Bertz CT molecular complexity index is 423. The van der Waals surface area contributed by atoms with E-state index in [2.05, 4.69) is 14.9 Å². The number of hydrogen-bond acceptors (Lipinski definition) is 5. The Kier molecular flexibility index (Phi) is 3.79. The van der Waals surface area contributed by atoms with Crippen molar-refractivity contribution >= 4 is 17.4 Å². The van der Waals surface area contributed by atoms with Crippen LogP contribution in [-0.4, -0.2) is 42.9 Å². The molecule has 0 N–H and O–H groups in total. The number of aromatic nitrogens is 2. The summed E-state index contributed by atoms with van der Waals surface area (Å²) in [7, 11) is 5.97. The summed E-state index contributed by atoms with van der Waals surface area (Å²) in [6, 6.07) is 2.39. The number of anilines is 2. The zero-order chi connectivity index (χ0) is 13.1. The van der Waals surface area contributed by atoms with E-state index in [0.29, 0.717) is 24.7 Å². The average molecular weight is 248 g/mol. The second-order valence-corrected chi connectivity index (χ2v) is 5.01. The van der Waals surface area contributed by atoms with Gasteiger partial charge in [-0.15, -0.1) is 0 Å². The van der Waals surface area contributed by atoms with Gasteiger partial charge in [0.2, 0.25) is 0 Å². The SMILES string of the molecule is CN(C)c1cc(N(C)C2CCC(=O)CC2)ncn1. The van der Waals surface area contributed by atoms with Crippen LogP contribution in [0.1, 0.15) is 25.7 Å². The second kappa shape index (κ2) is 5.33. The lowest BCUT2D eigenvalue weighted by atomic mass is 9.93. The number of ketones is 1. The molecule has 1 aromatic rings. The maximum Gasteiger partial charge on any atom is 0.134 e. The van der Waals surface area contributed by atoms with Gasteiger partial charge in [0.05, 0.1) is 0 Å². The Morgan fingerprint density at radius 2 is 1.72 bits per heavy atom. The summed E-state index contributed by atoms with van der Waals surface area (Å²) in [6.07, 6.45) is 4.84. The molecule has 1 heterocycles. The normalized spacial score (nSPS) is 16.7. The molecule has 0 spiro atoms. The lowest BCUT2D eigenvalue weighted by Gasteiger charge is -2.31.